The predicted molar refractivity (Wildman–Crippen MR) is 103 cm³/mol. The summed E-state index contributed by atoms with van der Waals surface area (Å²) in [6.45, 7) is 4.18. The Hall–Kier alpha value is -2.46. The van der Waals surface area contributed by atoms with Gasteiger partial charge in [0, 0.05) is 22.7 Å². The van der Waals surface area contributed by atoms with Crippen LogP contribution in [-0.2, 0) is 6.42 Å². The number of carbonyl (C=O) groups excluding carboxylic acids is 1. The third kappa shape index (κ3) is 2.98. The van der Waals surface area contributed by atoms with Crippen molar-refractivity contribution in [2.45, 2.75) is 32.7 Å². The summed E-state index contributed by atoms with van der Waals surface area (Å²) >= 11 is 1.52. The summed E-state index contributed by atoms with van der Waals surface area (Å²) in [7, 11) is 0. The van der Waals surface area contributed by atoms with Crippen molar-refractivity contribution in [2.75, 3.05) is 4.90 Å². The molecule has 0 bridgehead atoms. The number of benzene rings is 2. The summed E-state index contributed by atoms with van der Waals surface area (Å²) in [6.07, 6.45) is 2.00. The van der Waals surface area contributed by atoms with Crippen LogP contribution in [0.25, 0.3) is 10.6 Å². The second-order valence-corrected chi connectivity index (χ2v) is 7.45. The van der Waals surface area contributed by atoms with E-state index in [2.05, 4.69) is 49.2 Å². The maximum Gasteiger partial charge on any atom is 0.278 e. The molecule has 1 aliphatic rings. The van der Waals surface area contributed by atoms with E-state index in [1.165, 1.54) is 22.5 Å². The first kappa shape index (κ1) is 16.0. The molecule has 1 amide bonds. The molecule has 1 aliphatic heterocycles. The number of hydrogen-bond acceptors (Lipinski definition) is 3. The Kier molecular flexibility index (Phi) is 4.14. The van der Waals surface area contributed by atoms with Crippen molar-refractivity contribution in [1.29, 1.82) is 0 Å². The average Bonchev–Trinajstić information content (AvgIpc) is 3.12. The number of anilines is 1. The average molecular weight is 348 g/mol. The third-order valence-electron chi connectivity index (χ3n) is 4.76. The zero-order valence-corrected chi connectivity index (χ0v) is 15.2. The summed E-state index contributed by atoms with van der Waals surface area (Å²) in [5.41, 5.74) is 5.07. The maximum atomic E-state index is 13.1. The van der Waals surface area contributed by atoms with E-state index in [0.717, 1.165) is 29.1 Å². The summed E-state index contributed by atoms with van der Waals surface area (Å²) in [5.74, 6) is -0.00531. The van der Waals surface area contributed by atoms with Crippen molar-refractivity contribution < 1.29 is 4.79 Å². The highest BCUT2D eigenvalue weighted by Crippen LogP contribution is 2.32. The van der Waals surface area contributed by atoms with Crippen LogP contribution in [0.3, 0.4) is 0 Å². The van der Waals surface area contributed by atoms with Crippen LogP contribution in [0, 0.1) is 6.92 Å². The van der Waals surface area contributed by atoms with Crippen LogP contribution in [0.4, 0.5) is 5.69 Å². The lowest BCUT2D eigenvalue weighted by Gasteiger charge is -2.34. The molecular formula is C21H20N2OS. The number of aryl methyl sites for hydroxylation is 2. The molecule has 2 heterocycles. The number of thiazole rings is 1. The topological polar surface area (TPSA) is 33.2 Å². The molecule has 126 valence electrons. The van der Waals surface area contributed by atoms with Gasteiger partial charge in [-0.05, 0) is 38.3 Å². The van der Waals surface area contributed by atoms with Gasteiger partial charge in [0.25, 0.3) is 5.91 Å². The molecule has 1 atom stereocenters. The van der Waals surface area contributed by atoms with Crippen molar-refractivity contribution in [1.82, 2.24) is 4.98 Å². The number of carbonyl (C=O) groups is 1. The summed E-state index contributed by atoms with van der Waals surface area (Å²) in [6, 6.07) is 16.6. The number of hydrogen-bond donors (Lipinski definition) is 0. The van der Waals surface area contributed by atoms with Gasteiger partial charge in [-0.2, -0.15) is 0 Å². The molecule has 1 aromatic heterocycles. The van der Waals surface area contributed by atoms with Crippen molar-refractivity contribution in [3.05, 3.63) is 70.7 Å². The molecule has 0 saturated heterocycles. The highest BCUT2D eigenvalue weighted by atomic mass is 32.1. The number of rotatable bonds is 2. The van der Waals surface area contributed by atoms with E-state index in [0.29, 0.717) is 5.69 Å². The molecule has 0 fully saturated rings. The summed E-state index contributed by atoms with van der Waals surface area (Å²) in [4.78, 5) is 19.7. The fraction of sp³-hybridized carbons (Fsp3) is 0.238. The van der Waals surface area contributed by atoms with E-state index in [1.54, 1.807) is 0 Å². The second kappa shape index (κ2) is 6.45. The normalized spacial score (nSPS) is 16.6. The minimum Gasteiger partial charge on any atom is -0.304 e. The van der Waals surface area contributed by atoms with Gasteiger partial charge in [-0.1, -0.05) is 48.0 Å². The van der Waals surface area contributed by atoms with Crippen molar-refractivity contribution in [2.24, 2.45) is 0 Å². The van der Waals surface area contributed by atoms with E-state index in [9.17, 15) is 4.79 Å². The fourth-order valence-corrected chi connectivity index (χ4v) is 4.12. The van der Waals surface area contributed by atoms with Gasteiger partial charge in [0.15, 0.2) is 0 Å². The lowest BCUT2D eigenvalue weighted by atomic mass is 9.96. The van der Waals surface area contributed by atoms with Gasteiger partial charge in [0.1, 0.15) is 10.7 Å². The molecule has 3 nitrogen and oxygen atoms in total. The first-order valence-corrected chi connectivity index (χ1v) is 9.45. The van der Waals surface area contributed by atoms with Crippen LogP contribution in [0.2, 0.25) is 0 Å². The predicted octanol–water partition coefficient (Wildman–Crippen LogP) is 5.10. The van der Waals surface area contributed by atoms with Crippen LogP contribution < -0.4 is 4.90 Å². The molecule has 25 heavy (non-hydrogen) atoms. The lowest BCUT2D eigenvalue weighted by molar-refractivity contribution is 0.0971. The third-order valence-corrected chi connectivity index (χ3v) is 5.66. The van der Waals surface area contributed by atoms with E-state index in [-0.39, 0.29) is 11.9 Å². The molecule has 0 spiro atoms. The number of para-hydroxylation sites is 1. The molecule has 0 saturated carbocycles. The Morgan fingerprint density at radius 1 is 1.16 bits per heavy atom. The molecule has 4 rings (SSSR count). The maximum absolute atomic E-state index is 13.1. The molecule has 0 N–H and O–H groups in total. The van der Waals surface area contributed by atoms with Gasteiger partial charge < -0.3 is 4.90 Å². The quantitative estimate of drug-likeness (QED) is 0.645. The van der Waals surface area contributed by atoms with Gasteiger partial charge >= 0.3 is 0 Å². The molecule has 3 aromatic rings. The number of nitrogens with zero attached hydrogens (tertiary/aromatic N) is 2. The number of aromatic nitrogens is 1. The first-order valence-electron chi connectivity index (χ1n) is 8.57. The summed E-state index contributed by atoms with van der Waals surface area (Å²) < 4.78 is 0. The highest BCUT2D eigenvalue weighted by Gasteiger charge is 2.30. The monoisotopic (exact) mass is 348 g/mol. The largest absolute Gasteiger partial charge is 0.304 e. The number of amides is 1. The highest BCUT2D eigenvalue weighted by molar-refractivity contribution is 7.13. The van der Waals surface area contributed by atoms with Crippen molar-refractivity contribution in [3.8, 4) is 10.6 Å². The Morgan fingerprint density at radius 2 is 1.92 bits per heavy atom. The molecule has 0 unspecified atom stereocenters. The summed E-state index contributed by atoms with van der Waals surface area (Å²) in [5, 5.41) is 2.77. The standard InChI is InChI=1S/C21H20N2OS/c1-14-7-10-17(11-8-14)20-22-18(13-25-20)21(24)23-15(2)9-12-16-5-3-4-6-19(16)23/h3-8,10-11,13,15H,9,12H2,1-2H3/t15-/m0/s1. The van der Waals surface area contributed by atoms with Gasteiger partial charge in [0.2, 0.25) is 0 Å². The fourth-order valence-electron chi connectivity index (χ4n) is 3.32. The Balaban J connectivity index is 1.67. The van der Waals surface area contributed by atoms with Crippen LogP contribution >= 0.6 is 11.3 Å². The van der Waals surface area contributed by atoms with E-state index < -0.39 is 0 Å². The Bertz CT molecular complexity index is 914. The van der Waals surface area contributed by atoms with Crippen LogP contribution in [-0.4, -0.2) is 16.9 Å². The van der Waals surface area contributed by atoms with Crippen LogP contribution in [0.1, 0.15) is 35.0 Å². The van der Waals surface area contributed by atoms with E-state index in [4.69, 9.17) is 0 Å². The smallest absolute Gasteiger partial charge is 0.278 e. The Morgan fingerprint density at radius 3 is 2.72 bits per heavy atom. The molecular weight excluding hydrogens is 328 g/mol. The minimum atomic E-state index is -0.00531. The van der Waals surface area contributed by atoms with Gasteiger partial charge in [-0.25, -0.2) is 4.98 Å². The van der Waals surface area contributed by atoms with Gasteiger partial charge in [-0.15, -0.1) is 11.3 Å². The van der Waals surface area contributed by atoms with Gasteiger partial charge in [-0.3, -0.25) is 4.79 Å². The van der Waals surface area contributed by atoms with Gasteiger partial charge in [0.05, 0.1) is 0 Å². The minimum absolute atomic E-state index is 0.00531. The zero-order valence-electron chi connectivity index (χ0n) is 14.4. The second-order valence-electron chi connectivity index (χ2n) is 6.60. The van der Waals surface area contributed by atoms with Crippen molar-refractivity contribution >= 4 is 22.9 Å². The van der Waals surface area contributed by atoms with Crippen LogP contribution in [0.15, 0.2) is 53.9 Å². The van der Waals surface area contributed by atoms with E-state index >= 15 is 0 Å². The SMILES string of the molecule is Cc1ccc(-c2nc(C(=O)N3c4ccccc4CC[C@@H]3C)cs2)cc1. The van der Waals surface area contributed by atoms with Crippen LogP contribution in [0.5, 0.6) is 0 Å². The molecule has 2 aromatic carbocycles. The molecule has 0 radical (unpaired) electrons. The van der Waals surface area contributed by atoms with Crippen molar-refractivity contribution in [3.63, 3.8) is 0 Å². The number of fused-ring (bicyclic) bond motifs is 1. The molecule has 4 heteroatoms. The van der Waals surface area contributed by atoms with E-state index in [1.807, 2.05) is 28.5 Å². The lowest BCUT2D eigenvalue weighted by Crippen LogP contribution is -2.42. The first-order chi connectivity index (χ1) is 12.1. The molecule has 0 aliphatic carbocycles. The zero-order chi connectivity index (χ0) is 17.4. The Labute approximate surface area is 152 Å².